The lowest BCUT2D eigenvalue weighted by molar-refractivity contribution is -0.139. The van der Waals surface area contributed by atoms with Crippen LogP contribution in [0, 0.1) is 5.82 Å². The molecule has 0 saturated carbocycles. The van der Waals surface area contributed by atoms with Crippen LogP contribution in [-0.4, -0.2) is 35.8 Å². The van der Waals surface area contributed by atoms with Gasteiger partial charge in [0.05, 0.1) is 23.1 Å². The van der Waals surface area contributed by atoms with E-state index >= 15 is 0 Å². The Morgan fingerprint density at radius 1 is 0.895 bits per heavy atom. The fourth-order valence-corrected chi connectivity index (χ4v) is 3.38. The monoisotopic (exact) mass is 530 g/mol. The Morgan fingerprint density at radius 2 is 1.61 bits per heavy atom. The Morgan fingerprint density at radius 3 is 2.34 bits per heavy atom. The Bertz CT molecular complexity index is 1420. The predicted octanol–water partition coefficient (Wildman–Crippen LogP) is 6.64. The van der Waals surface area contributed by atoms with Crippen LogP contribution >= 0.6 is 0 Å². The molecule has 38 heavy (non-hydrogen) atoms. The highest BCUT2D eigenvalue weighted by Gasteiger charge is 2.34. The number of carbonyl (C=O) groups excluding carboxylic acids is 1. The van der Waals surface area contributed by atoms with Crippen LogP contribution in [0.25, 0.3) is 10.9 Å². The molecule has 0 aliphatic heterocycles. The first-order valence-electron chi connectivity index (χ1n) is 11.4. The van der Waals surface area contributed by atoms with E-state index < -0.39 is 23.6 Å². The number of urea groups is 1. The summed E-state index contributed by atoms with van der Waals surface area (Å²) < 4.78 is 68.9. The minimum absolute atomic E-state index is 0.213. The largest absolute Gasteiger partial charge is 0.491 e. The second-order valence-corrected chi connectivity index (χ2v) is 7.80. The van der Waals surface area contributed by atoms with E-state index in [-0.39, 0.29) is 5.69 Å². The lowest BCUT2D eigenvalue weighted by Crippen LogP contribution is -2.20. The summed E-state index contributed by atoms with van der Waals surface area (Å²) >= 11 is 0. The average Bonchev–Trinajstić information content (AvgIpc) is 2.88. The molecular formula is C26H22F4N4O4. The maximum atomic E-state index is 13.4. The zero-order chi connectivity index (χ0) is 27.1. The fourth-order valence-electron chi connectivity index (χ4n) is 3.38. The fraction of sp³-hybridized carbons (Fsp3) is 0.192. The number of halogens is 4. The maximum Gasteiger partial charge on any atom is 0.419 e. The van der Waals surface area contributed by atoms with Gasteiger partial charge in [0, 0.05) is 24.0 Å². The van der Waals surface area contributed by atoms with Gasteiger partial charge in [0.2, 0.25) is 5.88 Å². The molecule has 4 rings (SSSR count). The number of amides is 2. The summed E-state index contributed by atoms with van der Waals surface area (Å²) in [6.45, 7) is 3.40. The molecule has 0 atom stereocenters. The van der Waals surface area contributed by atoms with Gasteiger partial charge in [0.1, 0.15) is 30.3 Å². The van der Waals surface area contributed by atoms with Crippen LogP contribution in [0.4, 0.5) is 33.7 Å². The highest BCUT2D eigenvalue weighted by atomic mass is 19.4. The van der Waals surface area contributed by atoms with Crippen molar-refractivity contribution < 1.29 is 36.6 Å². The lowest BCUT2D eigenvalue weighted by Gasteiger charge is -2.12. The van der Waals surface area contributed by atoms with Gasteiger partial charge in [-0.15, -0.1) is 0 Å². The third-order valence-electron chi connectivity index (χ3n) is 5.13. The summed E-state index contributed by atoms with van der Waals surface area (Å²) in [5.41, 5.74) is -0.725. The molecule has 0 bridgehead atoms. The summed E-state index contributed by atoms with van der Waals surface area (Å²) in [6, 6.07) is 12.9. The molecule has 0 spiro atoms. The standard InChI is InChI=1S/C26H22F4N4O4/c1-2-36-11-12-37-19-8-9-20-23(14-19)31-15-32-24(20)38-18-6-3-16(4-7-18)33-25(35)34-17-5-10-22(27)21(13-17)26(28,29)30/h3-10,13-15H,2,11-12H2,1H3,(H2,33,34,35). The van der Waals surface area contributed by atoms with Gasteiger partial charge < -0.3 is 24.8 Å². The van der Waals surface area contributed by atoms with Gasteiger partial charge in [-0.25, -0.2) is 19.2 Å². The van der Waals surface area contributed by atoms with E-state index in [9.17, 15) is 22.4 Å². The molecule has 12 heteroatoms. The number of alkyl halides is 3. The first-order valence-corrected chi connectivity index (χ1v) is 11.4. The van der Waals surface area contributed by atoms with Gasteiger partial charge in [-0.3, -0.25) is 0 Å². The quantitative estimate of drug-likeness (QED) is 0.186. The first-order chi connectivity index (χ1) is 18.2. The van der Waals surface area contributed by atoms with Gasteiger partial charge in [0.15, 0.2) is 0 Å². The number of aromatic nitrogens is 2. The number of ether oxygens (including phenoxy) is 3. The van der Waals surface area contributed by atoms with Crippen molar-refractivity contribution in [1.29, 1.82) is 0 Å². The van der Waals surface area contributed by atoms with Gasteiger partial charge in [-0.2, -0.15) is 13.2 Å². The number of anilines is 2. The van der Waals surface area contributed by atoms with Crippen molar-refractivity contribution in [2.24, 2.45) is 0 Å². The molecule has 0 radical (unpaired) electrons. The van der Waals surface area contributed by atoms with E-state index in [1.807, 2.05) is 6.92 Å². The van der Waals surface area contributed by atoms with Gasteiger partial charge in [0.25, 0.3) is 0 Å². The topological polar surface area (TPSA) is 94.6 Å². The van der Waals surface area contributed by atoms with Crippen molar-refractivity contribution in [3.05, 3.63) is 78.4 Å². The smallest absolute Gasteiger partial charge is 0.419 e. The molecule has 2 amide bonds. The minimum atomic E-state index is -4.89. The van der Waals surface area contributed by atoms with Crippen LogP contribution in [0.15, 0.2) is 67.0 Å². The zero-order valence-electron chi connectivity index (χ0n) is 20.0. The summed E-state index contributed by atoms with van der Waals surface area (Å²) in [5, 5.41) is 5.39. The minimum Gasteiger partial charge on any atom is -0.491 e. The second-order valence-electron chi connectivity index (χ2n) is 7.80. The molecule has 0 fully saturated rings. The van der Waals surface area contributed by atoms with Crippen molar-refractivity contribution in [1.82, 2.24) is 9.97 Å². The number of fused-ring (bicyclic) bond motifs is 1. The van der Waals surface area contributed by atoms with E-state index in [1.54, 1.807) is 30.3 Å². The molecule has 2 N–H and O–H groups in total. The van der Waals surface area contributed by atoms with Gasteiger partial charge in [-0.05, 0) is 61.5 Å². The Labute approximate surface area is 214 Å². The van der Waals surface area contributed by atoms with E-state index in [1.165, 1.54) is 18.5 Å². The van der Waals surface area contributed by atoms with E-state index in [4.69, 9.17) is 14.2 Å². The van der Waals surface area contributed by atoms with E-state index in [0.717, 1.165) is 6.07 Å². The maximum absolute atomic E-state index is 13.4. The third-order valence-corrected chi connectivity index (χ3v) is 5.13. The number of nitrogens with one attached hydrogen (secondary N) is 2. The van der Waals surface area contributed by atoms with Crippen molar-refractivity contribution >= 4 is 28.3 Å². The second kappa shape index (κ2) is 11.7. The average molecular weight is 530 g/mol. The molecule has 0 aliphatic carbocycles. The molecule has 0 unspecified atom stereocenters. The van der Waals surface area contributed by atoms with Gasteiger partial charge >= 0.3 is 12.2 Å². The predicted molar refractivity (Wildman–Crippen MR) is 132 cm³/mol. The number of rotatable bonds is 9. The van der Waals surface area contributed by atoms with Crippen LogP contribution in [0.1, 0.15) is 12.5 Å². The van der Waals surface area contributed by atoms with Crippen molar-refractivity contribution in [3.8, 4) is 17.4 Å². The normalized spacial score (nSPS) is 11.3. The third kappa shape index (κ3) is 6.85. The van der Waals surface area contributed by atoms with E-state index in [0.29, 0.717) is 65.9 Å². The summed E-state index contributed by atoms with van der Waals surface area (Å²) in [6.07, 6.45) is -3.52. The highest BCUT2D eigenvalue weighted by molar-refractivity contribution is 5.99. The van der Waals surface area contributed by atoms with Crippen LogP contribution in [0.2, 0.25) is 0 Å². The number of benzene rings is 3. The van der Waals surface area contributed by atoms with Crippen molar-refractivity contribution in [3.63, 3.8) is 0 Å². The summed E-state index contributed by atoms with van der Waals surface area (Å²) in [7, 11) is 0. The molecule has 8 nitrogen and oxygen atoms in total. The molecule has 0 aliphatic rings. The van der Waals surface area contributed by atoms with Crippen molar-refractivity contribution in [2.45, 2.75) is 13.1 Å². The molecular weight excluding hydrogens is 508 g/mol. The molecule has 3 aromatic carbocycles. The van der Waals surface area contributed by atoms with Crippen LogP contribution in [0.5, 0.6) is 17.4 Å². The van der Waals surface area contributed by atoms with Crippen molar-refractivity contribution in [2.75, 3.05) is 30.5 Å². The summed E-state index contributed by atoms with van der Waals surface area (Å²) in [4.78, 5) is 20.7. The molecule has 198 valence electrons. The van der Waals surface area contributed by atoms with E-state index in [2.05, 4.69) is 20.6 Å². The van der Waals surface area contributed by atoms with Crippen LogP contribution < -0.4 is 20.1 Å². The Balaban J connectivity index is 1.38. The molecule has 1 aromatic heterocycles. The SMILES string of the molecule is CCOCCOc1ccc2c(Oc3ccc(NC(=O)Nc4ccc(F)c(C(F)(F)F)c4)cc3)ncnc2c1. The first kappa shape index (κ1) is 26.6. The lowest BCUT2D eigenvalue weighted by atomic mass is 10.2. The Kier molecular flexibility index (Phi) is 8.22. The van der Waals surface area contributed by atoms with Crippen LogP contribution in [-0.2, 0) is 10.9 Å². The highest BCUT2D eigenvalue weighted by Crippen LogP contribution is 2.33. The Hall–Kier alpha value is -4.45. The van der Waals surface area contributed by atoms with Gasteiger partial charge in [-0.1, -0.05) is 0 Å². The number of nitrogens with zero attached hydrogens (tertiary/aromatic N) is 2. The number of hydrogen-bond acceptors (Lipinski definition) is 6. The zero-order valence-corrected chi connectivity index (χ0v) is 20.0. The number of carbonyl (C=O) groups is 1. The molecule has 4 aromatic rings. The summed E-state index contributed by atoms with van der Waals surface area (Å²) in [5.74, 6) is -0.0694. The van der Waals surface area contributed by atoms with Crippen LogP contribution in [0.3, 0.4) is 0 Å². The molecule has 0 saturated heterocycles. The number of hydrogen-bond donors (Lipinski definition) is 2. The molecule has 1 heterocycles.